The molecule has 2 N–H and O–H groups in total. The molecule has 22 heavy (non-hydrogen) atoms. The molecule has 1 fully saturated rings. The van der Waals surface area contributed by atoms with Gasteiger partial charge in [0.2, 0.25) is 5.91 Å². The maximum Gasteiger partial charge on any atom is 0.248 e. The van der Waals surface area contributed by atoms with E-state index in [0.717, 1.165) is 6.54 Å². The molecule has 1 amide bonds. The van der Waals surface area contributed by atoms with E-state index in [9.17, 15) is 9.90 Å². The first-order chi connectivity index (χ1) is 10.6. The number of carbonyl (C=O) groups excluding carboxylic acids is 1. The van der Waals surface area contributed by atoms with Crippen LogP contribution in [-0.2, 0) is 16.1 Å². The molecular formula is C17H26N2O3. The summed E-state index contributed by atoms with van der Waals surface area (Å²) in [6.45, 7) is 6.13. The number of hydrogen-bond acceptors (Lipinski definition) is 4. The quantitative estimate of drug-likeness (QED) is 0.794. The summed E-state index contributed by atoms with van der Waals surface area (Å²) in [6, 6.07) is 10.3. The zero-order valence-corrected chi connectivity index (χ0v) is 13.4. The van der Waals surface area contributed by atoms with Crippen LogP contribution in [0.1, 0.15) is 25.8 Å². The highest BCUT2D eigenvalue weighted by atomic mass is 16.5. The molecule has 1 aromatic carbocycles. The molecule has 5 nitrogen and oxygen atoms in total. The minimum absolute atomic E-state index is 0.0945. The third-order valence-corrected chi connectivity index (χ3v) is 4.03. The van der Waals surface area contributed by atoms with Crippen LogP contribution in [0.15, 0.2) is 30.3 Å². The van der Waals surface area contributed by atoms with E-state index < -0.39 is 6.10 Å². The lowest BCUT2D eigenvalue weighted by atomic mass is 10.1. The van der Waals surface area contributed by atoms with Crippen LogP contribution in [0.2, 0.25) is 0 Å². The number of aliphatic hydroxyl groups is 1. The molecule has 0 bridgehead atoms. The van der Waals surface area contributed by atoms with Crippen molar-refractivity contribution in [3.63, 3.8) is 0 Å². The van der Waals surface area contributed by atoms with Crippen LogP contribution in [0.3, 0.4) is 0 Å². The van der Waals surface area contributed by atoms with E-state index in [1.807, 2.05) is 25.1 Å². The highest BCUT2D eigenvalue weighted by molar-refractivity contribution is 5.80. The van der Waals surface area contributed by atoms with E-state index in [1.165, 1.54) is 5.56 Å². The molecule has 1 saturated heterocycles. The van der Waals surface area contributed by atoms with Gasteiger partial charge in [-0.25, -0.2) is 0 Å². The number of rotatable bonds is 7. The fourth-order valence-corrected chi connectivity index (χ4v) is 2.87. The average Bonchev–Trinajstić information content (AvgIpc) is 2.85. The molecule has 0 radical (unpaired) electrons. The van der Waals surface area contributed by atoms with Crippen molar-refractivity contribution in [1.29, 1.82) is 0 Å². The van der Waals surface area contributed by atoms with E-state index in [0.29, 0.717) is 26.1 Å². The molecular weight excluding hydrogens is 280 g/mol. The van der Waals surface area contributed by atoms with Crippen molar-refractivity contribution in [3.8, 4) is 0 Å². The minimum Gasteiger partial charge on any atom is -0.392 e. The smallest absolute Gasteiger partial charge is 0.248 e. The lowest BCUT2D eigenvalue weighted by molar-refractivity contribution is -0.131. The highest BCUT2D eigenvalue weighted by Gasteiger charge is 2.31. The van der Waals surface area contributed by atoms with Gasteiger partial charge in [0.1, 0.15) is 6.10 Å². The van der Waals surface area contributed by atoms with E-state index in [1.54, 1.807) is 6.92 Å². The molecule has 1 aromatic rings. The first kappa shape index (κ1) is 16.9. The van der Waals surface area contributed by atoms with Crippen molar-refractivity contribution in [2.45, 2.75) is 45.1 Å². The van der Waals surface area contributed by atoms with E-state index in [2.05, 4.69) is 22.3 Å². The number of benzene rings is 1. The topological polar surface area (TPSA) is 61.8 Å². The second kappa shape index (κ2) is 8.27. The molecule has 1 heterocycles. The standard InChI is InChI=1S/C17H26N2O3/c1-3-22-13(2)17(21)18-10-15-9-16(20)12-19(15)11-14-7-5-4-6-8-14/h4-8,13,15-16,20H,3,9-12H2,1-2H3,(H,18,21). The van der Waals surface area contributed by atoms with Gasteiger partial charge >= 0.3 is 0 Å². The molecule has 3 atom stereocenters. The van der Waals surface area contributed by atoms with Gasteiger partial charge < -0.3 is 15.2 Å². The van der Waals surface area contributed by atoms with Crippen molar-refractivity contribution in [1.82, 2.24) is 10.2 Å². The summed E-state index contributed by atoms with van der Waals surface area (Å²) in [5.41, 5.74) is 1.22. The average molecular weight is 306 g/mol. The first-order valence-electron chi connectivity index (χ1n) is 7.95. The Balaban J connectivity index is 1.87. The first-order valence-corrected chi connectivity index (χ1v) is 7.95. The Kier molecular flexibility index (Phi) is 6.36. The Morgan fingerprint density at radius 1 is 1.45 bits per heavy atom. The number of ether oxygens (including phenoxy) is 1. The molecule has 0 aliphatic carbocycles. The zero-order valence-electron chi connectivity index (χ0n) is 13.4. The van der Waals surface area contributed by atoms with Gasteiger partial charge in [-0.05, 0) is 25.8 Å². The van der Waals surface area contributed by atoms with Crippen molar-refractivity contribution < 1.29 is 14.6 Å². The lowest BCUT2D eigenvalue weighted by Crippen LogP contribution is -2.43. The molecule has 0 saturated carbocycles. The molecule has 3 unspecified atom stereocenters. The van der Waals surface area contributed by atoms with E-state index in [4.69, 9.17) is 4.74 Å². The summed E-state index contributed by atoms with van der Waals surface area (Å²) in [6.07, 6.45) is -0.0651. The Morgan fingerprint density at radius 3 is 2.86 bits per heavy atom. The zero-order chi connectivity index (χ0) is 15.9. The normalized spacial score (nSPS) is 23.4. The van der Waals surface area contributed by atoms with Gasteiger partial charge in [-0.3, -0.25) is 9.69 Å². The monoisotopic (exact) mass is 306 g/mol. The molecule has 1 aliphatic heterocycles. The van der Waals surface area contributed by atoms with Crippen LogP contribution >= 0.6 is 0 Å². The number of likely N-dealkylation sites (tertiary alicyclic amines) is 1. The van der Waals surface area contributed by atoms with Crippen LogP contribution in [0.25, 0.3) is 0 Å². The number of nitrogens with one attached hydrogen (secondary N) is 1. The summed E-state index contributed by atoms with van der Waals surface area (Å²) >= 11 is 0. The highest BCUT2D eigenvalue weighted by Crippen LogP contribution is 2.20. The maximum atomic E-state index is 11.9. The molecule has 1 aliphatic rings. The number of carbonyl (C=O) groups is 1. The third kappa shape index (κ3) is 4.80. The predicted octanol–water partition coefficient (Wildman–Crippen LogP) is 1.16. The van der Waals surface area contributed by atoms with Crippen LogP contribution < -0.4 is 5.32 Å². The van der Waals surface area contributed by atoms with Crippen molar-refractivity contribution in [2.24, 2.45) is 0 Å². The number of nitrogens with zero attached hydrogens (tertiary/aromatic N) is 1. The molecule has 5 heteroatoms. The Morgan fingerprint density at radius 2 is 2.18 bits per heavy atom. The van der Waals surface area contributed by atoms with Crippen molar-refractivity contribution in [2.75, 3.05) is 19.7 Å². The van der Waals surface area contributed by atoms with Gasteiger partial charge in [0, 0.05) is 32.3 Å². The van der Waals surface area contributed by atoms with E-state index >= 15 is 0 Å². The van der Waals surface area contributed by atoms with Gasteiger partial charge in [-0.15, -0.1) is 0 Å². The van der Waals surface area contributed by atoms with E-state index in [-0.39, 0.29) is 18.1 Å². The summed E-state index contributed by atoms with van der Waals surface area (Å²) in [7, 11) is 0. The van der Waals surface area contributed by atoms with Gasteiger partial charge in [-0.2, -0.15) is 0 Å². The number of amides is 1. The summed E-state index contributed by atoms with van der Waals surface area (Å²) in [5, 5.41) is 12.9. The minimum atomic E-state index is -0.432. The Bertz CT molecular complexity index is 466. The van der Waals surface area contributed by atoms with Crippen LogP contribution in [-0.4, -0.2) is 53.9 Å². The molecule has 2 rings (SSSR count). The molecule has 0 spiro atoms. The largest absolute Gasteiger partial charge is 0.392 e. The van der Waals surface area contributed by atoms with Gasteiger partial charge in [0.15, 0.2) is 0 Å². The fraction of sp³-hybridized carbons (Fsp3) is 0.588. The van der Waals surface area contributed by atoms with Gasteiger partial charge in [-0.1, -0.05) is 30.3 Å². The van der Waals surface area contributed by atoms with Gasteiger partial charge in [0.05, 0.1) is 6.10 Å². The number of hydrogen-bond donors (Lipinski definition) is 2. The lowest BCUT2D eigenvalue weighted by Gasteiger charge is -2.25. The third-order valence-electron chi connectivity index (χ3n) is 4.03. The summed E-state index contributed by atoms with van der Waals surface area (Å²) in [4.78, 5) is 14.1. The maximum absolute atomic E-state index is 11.9. The SMILES string of the molecule is CCOC(C)C(=O)NCC1CC(O)CN1Cc1ccccc1. The second-order valence-corrected chi connectivity index (χ2v) is 5.80. The fourth-order valence-electron chi connectivity index (χ4n) is 2.87. The second-order valence-electron chi connectivity index (χ2n) is 5.80. The predicted molar refractivity (Wildman–Crippen MR) is 85.4 cm³/mol. The van der Waals surface area contributed by atoms with Crippen LogP contribution in [0, 0.1) is 0 Å². The van der Waals surface area contributed by atoms with Gasteiger partial charge in [0.25, 0.3) is 0 Å². The Hall–Kier alpha value is -1.43. The number of β-amino-alcohol motifs (C(OH)–C–C–N with tert-alkyl or cyclic N) is 1. The Labute approximate surface area is 132 Å². The summed E-state index contributed by atoms with van der Waals surface area (Å²) < 4.78 is 5.29. The summed E-state index contributed by atoms with van der Waals surface area (Å²) in [5.74, 6) is -0.0945. The molecule has 0 aromatic heterocycles. The van der Waals surface area contributed by atoms with Crippen LogP contribution in [0.5, 0.6) is 0 Å². The van der Waals surface area contributed by atoms with Crippen molar-refractivity contribution in [3.05, 3.63) is 35.9 Å². The molecule has 122 valence electrons. The number of aliphatic hydroxyl groups excluding tert-OH is 1. The van der Waals surface area contributed by atoms with Crippen molar-refractivity contribution >= 4 is 5.91 Å². The van der Waals surface area contributed by atoms with Crippen LogP contribution in [0.4, 0.5) is 0 Å².